The van der Waals surface area contributed by atoms with Crippen molar-refractivity contribution < 1.29 is 9.59 Å². The largest absolute Gasteiger partial charge is 0.331 e. The maximum atomic E-state index is 12.4. The molecule has 2 heterocycles. The maximum Gasteiger partial charge on any atom is 0.331 e. The van der Waals surface area contributed by atoms with Crippen molar-refractivity contribution in [1.82, 2.24) is 10.2 Å². The molecular weight excluding hydrogens is 387 g/mol. The monoisotopic (exact) mass is 402 g/mol. The molecule has 25 heavy (non-hydrogen) atoms. The molecule has 1 aromatic rings. The Morgan fingerprint density at radius 3 is 2.32 bits per heavy atom. The zero-order valence-corrected chi connectivity index (χ0v) is 16.0. The molecular formula is C16H17Cl3N4O2. The number of carbonyl (C=O) groups excluding carboxylic acids is 2. The van der Waals surface area contributed by atoms with Crippen LogP contribution in [0.4, 0.5) is 10.5 Å². The van der Waals surface area contributed by atoms with Crippen molar-refractivity contribution in [3.8, 4) is 0 Å². The number of amidine groups is 1. The van der Waals surface area contributed by atoms with Crippen molar-refractivity contribution in [3.05, 3.63) is 27.2 Å². The van der Waals surface area contributed by atoms with Gasteiger partial charge in [-0.05, 0) is 25.0 Å². The van der Waals surface area contributed by atoms with E-state index in [2.05, 4.69) is 10.3 Å². The summed E-state index contributed by atoms with van der Waals surface area (Å²) in [4.78, 5) is 32.6. The zero-order chi connectivity index (χ0) is 18.4. The molecule has 0 aromatic heterocycles. The Labute approximate surface area is 160 Å². The van der Waals surface area contributed by atoms with Gasteiger partial charge in [0.25, 0.3) is 0 Å². The lowest BCUT2D eigenvalue weighted by Crippen LogP contribution is -2.67. The van der Waals surface area contributed by atoms with Gasteiger partial charge in [-0.3, -0.25) is 15.0 Å². The number of aliphatic imine (C=N–C) groups is 1. The number of nitrogens with zero attached hydrogens (tertiary/aromatic N) is 3. The van der Waals surface area contributed by atoms with Crippen LogP contribution in [0.5, 0.6) is 0 Å². The Morgan fingerprint density at radius 1 is 1.16 bits per heavy atom. The first kappa shape index (κ1) is 18.3. The molecule has 3 amide bonds. The molecule has 1 saturated heterocycles. The van der Waals surface area contributed by atoms with E-state index in [9.17, 15) is 9.59 Å². The number of hydrogen-bond donors (Lipinski definition) is 1. The number of nitrogens with one attached hydrogen (secondary N) is 1. The third kappa shape index (κ3) is 2.86. The highest BCUT2D eigenvalue weighted by molar-refractivity contribution is 6.41. The van der Waals surface area contributed by atoms with Crippen molar-refractivity contribution >= 4 is 58.3 Å². The number of hydrogen-bond acceptors (Lipinski definition) is 4. The lowest BCUT2D eigenvalue weighted by molar-refractivity contribution is -0.128. The minimum atomic E-state index is -0.798. The van der Waals surface area contributed by atoms with Crippen LogP contribution >= 0.6 is 34.8 Å². The predicted molar refractivity (Wildman–Crippen MR) is 99.5 cm³/mol. The summed E-state index contributed by atoms with van der Waals surface area (Å²) in [5.74, 6) is 0.206. The van der Waals surface area contributed by atoms with Gasteiger partial charge in [-0.15, -0.1) is 0 Å². The van der Waals surface area contributed by atoms with Gasteiger partial charge in [0.05, 0.1) is 15.7 Å². The summed E-state index contributed by atoms with van der Waals surface area (Å²) < 4.78 is 0. The number of urea groups is 1. The summed E-state index contributed by atoms with van der Waals surface area (Å²) in [5, 5.41) is 3.62. The highest BCUT2D eigenvalue weighted by Gasteiger charge is 2.50. The molecule has 0 atom stereocenters. The van der Waals surface area contributed by atoms with E-state index in [1.165, 1.54) is 4.90 Å². The van der Waals surface area contributed by atoms with Crippen molar-refractivity contribution in [2.75, 3.05) is 18.2 Å². The Morgan fingerprint density at radius 2 is 1.76 bits per heavy atom. The van der Waals surface area contributed by atoms with E-state index in [0.717, 1.165) is 0 Å². The van der Waals surface area contributed by atoms with Gasteiger partial charge in [-0.2, -0.15) is 0 Å². The van der Waals surface area contributed by atoms with Crippen LogP contribution in [0, 0.1) is 5.41 Å². The quantitative estimate of drug-likeness (QED) is 0.825. The molecule has 0 radical (unpaired) electrons. The molecule has 2 aliphatic rings. The van der Waals surface area contributed by atoms with E-state index in [-0.39, 0.29) is 19.2 Å². The maximum absolute atomic E-state index is 12.4. The van der Waals surface area contributed by atoms with Gasteiger partial charge in [0.2, 0.25) is 5.91 Å². The SMILES string of the molecule is CCC1(CC)C(=O)NC(=O)N2CN(c3c(Cl)cc(Cl)cc3Cl)CN=C21. The molecule has 0 aliphatic carbocycles. The molecule has 9 heteroatoms. The second-order valence-corrected chi connectivity index (χ2v) is 7.25. The second-order valence-electron chi connectivity index (χ2n) is 6.00. The average molecular weight is 404 g/mol. The molecule has 0 bridgehead atoms. The van der Waals surface area contributed by atoms with Crippen LogP contribution < -0.4 is 10.2 Å². The first-order valence-corrected chi connectivity index (χ1v) is 9.04. The van der Waals surface area contributed by atoms with Crippen LogP contribution in [0.25, 0.3) is 0 Å². The summed E-state index contributed by atoms with van der Waals surface area (Å²) in [6.07, 6.45) is 1.11. The minimum absolute atomic E-state index is 0.195. The summed E-state index contributed by atoms with van der Waals surface area (Å²) in [6, 6.07) is 2.68. The first-order valence-electron chi connectivity index (χ1n) is 7.91. The molecule has 0 unspecified atom stereocenters. The van der Waals surface area contributed by atoms with Crippen molar-refractivity contribution in [1.29, 1.82) is 0 Å². The van der Waals surface area contributed by atoms with Crippen LogP contribution in [0.15, 0.2) is 17.1 Å². The van der Waals surface area contributed by atoms with Crippen molar-refractivity contribution in [2.45, 2.75) is 26.7 Å². The van der Waals surface area contributed by atoms with E-state index >= 15 is 0 Å². The second kappa shape index (κ2) is 6.67. The first-order chi connectivity index (χ1) is 11.8. The summed E-state index contributed by atoms with van der Waals surface area (Å²) >= 11 is 18.5. The lowest BCUT2D eigenvalue weighted by Gasteiger charge is -2.46. The van der Waals surface area contributed by atoms with Crippen LogP contribution in [0.3, 0.4) is 0 Å². The number of fused-ring (bicyclic) bond motifs is 1. The number of anilines is 1. The van der Waals surface area contributed by atoms with E-state index in [1.54, 1.807) is 17.0 Å². The van der Waals surface area contributed by atoms with Crippen molar-refractivity contribution in [2.24, 2.45) is 10.4 Å². The van der Waals surface area contributed by atoms with Gasteiger partial charge in [0.1, 0.15) is 24.6 Å². The molecule has 1 N–H and O–H groups in total. The number of amides is 3. The van der Waals surface area contributed by atoms with Gasteiger partial charge < -0.3 is 4.90 Å². The number of rotatable bonds is 3. The fraction of sp³-hybridized carbons (Fsp3) is 0.438. The van der Waals surface area contributed by atoms with Gasteiger partial charge in [-0.25, -0.2) is 9.79 Å². The highest BCUT2D eigenvalue weighted by atomic mass is 35.5. The van der Waals surface area contributed by atoms with Gasteiger partial charge >= 0.3 is 6.03 Å². The fourth-order valence-electron chi connectivity index (χ4n) is 3.34. The van der Waals surface area contributed by atoms with E-state index in [0.29, 0.717) is 39.4 Å². The van der Waals surface area contributed by atoms with E-state index in [1.807, 2.05) is 13.8 Å². The van der Waals surface area contributed by atoms with E-state index < -0.39 is 11.4 Å². The Bertz CT molecular complexity index is 754. The topological polar surface area (TPSA) is 65.0 Å². The molecule has 0 spiro atoms. The summed E-state index contributed by atoms with van der Waals surface area (Å²) in [6.45, 7) is 4.27. The molecule has 134 valence electrons. The lowest BCUT2D eigenvalue weighted by atomic mass is 9.78. The van der Waals surface area contributed by atoms with Crippen LogP contribution in [0.1, 0.15) is 26.7 Å². The fourth-order valence-corrected chi connectivity index (χ4v) is 4.40. The normalized spacial score (nSPS) is 19.5. The average Bonchev–Trinajstić information content (AvgIpc) is 2.55. The third-order valence-electron chi connectivity index (χ3n) is 4.79. The van der Waals surface area contributed by atoms with Crippen LogP contribution in [-0.2, 0) is 4.79 Å². The summed E-state index contributed by atoms with van der Waals surface area (Å²) in [7, 11) is 0. The minimum Gasteiger partial charge on any atom is -0.331 e. The van der Waals surface area contributed by atoms with Gasteiger partial charge in [-0.1, -0.05) is 48.7 Å². The molecule has 3 rings (SSSR count). The summed E-state index contributed by atoms with van der Waals surface area (Å²) in [5.41, 5.74) is -0.244. The molecule has 2 aliphatic heterocycles. The van der Waals surface area contributed by atoms with E-state index in [4.69, 9.17) is 34.8 Å². The number of carbonyl (C=O) groups is 2. The van der Waals surface area contributed by atoms with Crippen molar-refractivity contribution in [3.63, 3.8) is 0 Å². The Balaban J connectivity index is 2.03. The highest BCUT2D eigenvalue weighted by Crippen LogP contribution is 2.40. The molecule has 1 aromatic carbocycles. The zero-order valence-electron chi connectivity index (χ0n) is 13.8. The molecule has 6 nitrogen and oxygen atoms in total. The molecule has 1 fully saturated rings. The van der Waals surface area contributed by atoms with Gasteiger partial charge in [0, 0.05) is 5.02 Å². The number of halogens is 3. The third-order valence-corrected chi connectivity index (χ3v) is 5.59. The van der Waals surface area contributed by atoms with Crippen LogP contribution in [0.2, 0.25) is 15.1 Å². The smallest absolute Gasteiger partial charge is 0.331 e. The predicted octanol–water partition coefficient (Wildman–Crippen LogP) is 4.14. The van der Waals surface area contributed by atoms with Gasteiger partial charge in [0.15, 0.2) is 0 Å². The standard InChI is InChI=1S/C16H17Cl3N4O2/c1-3-16(4-2)13-20-7-22(8-23(13)15(25)21-14(16)24)12-10(18)5-9(17)6-11(12)19/h5-6H,3-4,7-8H2,1-2H3,(H,21,24,25). The number of imide groups is 1. The number of benzene rings is 1. The van der Waals surface area contributed by atoms with Crippen LogP contribution in [-0.4, -0.2) is 36.0 Å². The molecule has 0 saturated carbocycles. The Hall–Kier alpha value is -1.50. The Kier molecular flexibility index (Phi) is 4.88.